The van der Waals surface area contributed by atoms with Gasteiger partial charge in [-0.2, -0.15) is 0 Å². The van der Waals surface area contributed by atoms with Crippen molar-refractivity contribution >= 4 is 16.5 Å². The van der Waals surface area contributed by atoms with Gasteiger partial charge in [-0.05, 0) is 19.1 Å². The Balaban J connectivity index is 2.54. The first kappa shape index (κ1) is 7.36. The number of nitrogens with two attached hydrogens (primary N) is 1. The average molecular weight is 180 g/mol. The fraction of sp³-hybridized carbons (Fsp3) is 0.125. The Labute approximate surface area is 73.8 Å². The van der Waals surface area contributed by atoms with Gasteiger partial charge in [-0.25, -0.2) is 4.98 Å². The zero-order valence-corrected chi connectivity index (χ0v) is 7.39. The molecule has 2 heterocycles. The molecule has 3 nitrogen and oxygen atoms in total. The number of thiazole rings is 1. The van der Waals surface area contributed by atoms with Gasteiger partial charge in [0.2, 0.25) is 0 Å². The maximum atomic E-state index is 5.55. The van der Waals surface area contributed by atoms with Gasteiger partial charge < -0.3 is 10.2 Å². The molecule has 0 saturated carbocycles. The molecule has 0 bridgehead atoms. The number of nitrogen functional groups attached to an aromatic ring is 1. The second-order valence-electron chi connectivity index (χ2n) is 2.44. The molecule has 0 saturated heterocycles. The summed E-state index contributed by atoms with van der Waals surface area (Å²) in [5.41, 5.74) is 6.47. The van der Waals surface area contributed by atoms with Crippen molar-refractivity contribution in [2.45, 2.75) is 6.92 Å². The van der Waals surface area contributed by atoms with E-state index in [0.29, 0.717) is 5.13 Å². The van der Waals surface area contributed by atoms with Crippen LogP contribution in [0.25, 0.3) is 10.6 Å². The maximum Gasteiger partial charge on any atom is 0.180 e. The van der Waals surface area contributed by atoms with Crippen LogP contribution in [0.3, 0.4) is 0 Å². The summed E-state index contributed by atoms with van der Waals surface area (Å²) in [5, 5.41) is 0.582. The molecule has 2 rings (SSSR count). The maximum absolute atomic E-state index is 5.55. The molecule has 62 valence electrons. The molecule has 2 aromatic rings. The Morgan fingerprint density at radius 3 is 2.92 bits per heavy atom. The van der Waals surface area contributed by atoms with Crippen LogP contribution in [-0.4, -0.2) is 4.98 Å². The number of nitrogens with zero attached hydrogens (tertiary/aromatic N) is 1. The normalized spacial score (nSPS) is 10.4. The fourth-order valence-corrected chi connectivity index (χ4v) is 1.86. The van der Waals surface area contributed by atoms with Crippen molar-refractivity contribution in [3.05, 3.63) is 24.1 Å². The predicted octanol–water partition coefficient (Wildman–Crippen LogP) is 2.29. The average Bonchev–Trinajstić information content (AvgIpc) is 2.58. The van der Waals surface area contributed by atoms with Crippen molar-refractivity contribution in [2.75, 3.05) is 5.73 Å². The summed E-state index contributed by atoms with van der Waals surface area (Å²) in [6, 6.07) is 3.75. The summed E-state index contributed by atoms with van der Waals surface area (Å²) in [6.45, 7) is 1.92. The molecule has 4 heteroatoms. The van der Waals surface area contributed by atoms with Crippen molar-refractivity contribution in [1.29, 1.82) is 0 Å². The summed E-state index contributed by atoms with van der Waals surface area (Å²) in [4.78, 5) is 5.11. The molecule has 12 heavy (non-hydrogen) atoms. The van der Waals surface area contributed by atoms with Crippen LogP contribution in [0.5, 0.6) is 0 Å². The van der Waals surface area contributed by atoms with Crippen molar-refractivity contribution in [2.24, 2.45) is 0 Å². The number of hydrogen-bond donors (Lipinski definition) is 1. The molecule has 0 aliphatic rings. The van der Waals surface area contributed by atoms with E-state index < -0.39 is 0 Å². The van der Waals surface area contributed by atoms with E-state index in [2.05, 4.69) is 4.98 Å². The molecule has 0 unspecified atom stereocenters. The topological polar surface area (TPSA) is 52.0 Å². The second-order valence-corrected chi connectivity index (χ2v) is 3.47. The summed E-state index contributed by atoms with van der Waals surface area (Å²) in [6.07, 6.45) is 1.64. The first-order valence-electron chi connectivity index (χ1n) is 3.54. The minimum absolute atomic E-state index is 0.582. The smallest absolute Gasteiger partial charge is 0.180 e. The zero-order valence-electron chi connectivity index (χ0n) is 6.57. The van der Waals surface area contributed by atoms with E-state index in [9.17, 15) is 0 Å². The van der Waals surface area contributed by atoms with Crippen LogP contribution in [0.2, 0.25) is 0 Å². The number of aryl methyl sites for hydroxylation is 1. The third-order valence-electron chi connectivity index (χ3n) is 1.56. The summed E-state index contributed by atoms with van der Waals surface area (Å²) >= 11 is 1.44. The van der Waals surface area contributed by atoms with Crippen LogP contribution in [0.15, 0.2) is 22.8 Å². The van der Waals surface area contributed by atoms with E-state index in [-0.39, 0.29) is 0 Å². The predicted molar refractivity (Wildman–Crippen MR) is 49.0 cm³/mol. The minimum Gasteiger partial charge on any atom is -0.463 e. The molecule has 0 aliphatic heterocycles. The van der Waals surface area contributed by atoms with Gasteiger partial charge in [0.15, 0.2) is 5.13 Å². The van der Waals surface area contributed by atoms with Crippen molar-refractivity contribution < 1.29 is 4.42 Å². The van der Waals surface area contributed by atoms with Gasteiger partial charge in [0, 0.05) is 0 Å². The standard InChI is InChI=1S/C8H8N2OS/c1-5-7(12-8(9)10-5)6-3-2-4-11-6/h2-4H,1H3,(H2,9,10). The highest BCUT2D eigenvalue weighted by molar-refractivity contribution is 7.18. The molecule has 0 radical (unpaired) electrons. The lowest BCUT2D eigenvalue weighted by molar-refractivity contribution is 0.583. The van der Waals surface area contributed by atoms with Gasteiger partial charge in [0.25, 0.3) is 0 Å². The Hall–Kier alpha value is -1.29. The van der Waals surface area contributed by atoms with E-state index in [0.717, 1.165) is 16.3 Å². The molecular formula is C8H8N2OS. The summed E-state index contributed by atoms with van der Waals surface area (Å²) < 4.78 is 5.23. The van der Waals surface area contributed by atoms with Crippen molar-refractivity contribution in [3.63, 3.8) is 0 Å². The van der Waals surface area contributed by atoms with Gasteiger partial charge in [0.1, 0.15) is 5.76 Å². The number of furan rings is 1. The lowest BCUT2D eigenvalue weighted by Gasteiger charge is -1.89. The van der Waals surface area contributed by atoms with Crippen LogP contribution < -0.4 is 5.73 Å². The van der Waals surface area contributed by atoms with E-state index in [4.69, 9.17) is 10.2 Å². The van der Waals surface area contributed by atoms with E-state index in [1.54, 1.807) is 6.26 Å². The highest BCUT2D eigenvalue weighted by Gasteiger charge is 2.09. The number of hydrogen-bond acceptors (Lipinski definition) is 4. The quantitative estimate of drug-likeness (QED) is 0.732. The van der Waals surface area contributed by atoms with Crippen LogP contribution in [0, 0.1) is 6.92 Å². The molecule has 0 aromatic carbocycles. The first-order chi connectivity index (χ1) is 5.77. The molecule has 0 amide bonds. The van der Waals surface area contributed by atoms with Crippen LogP contribution in [0.4, 0.5) is 5.13 Å². The molecule has 0 aliphatic carbocycles. The largest absolute Gasteiger partial charge is 0.463 e. The third-order valence-corrected chi connectivity index (χ3v) is 2.56. The highest BCUT2D eigenvalue weighted by Crippen LogP contribution is 2.31. The zero-order chi connectivity index (χ0) is 8.55. The molecule has 0 atom stereocenters. The highest BCUT2D eigenvalue weighted by atomic mass is 32.1. The summed E-state index contributed by atoms with van der Waals surface area (Å²) in [5.74, 6) is 0.835. The molecule has 0 spiro atoms. The third kappa shape index (κ3) is 1.10. The lowest BCUT2D eigenvalue weighted by atomic mass is 10.3. The summed E-state index contributed by atoms with van der Waals surface area (Å²) in [7, 11) is 0. The molecule has 0 fully saturated rings. The van der Waals surface area contributed by atoms with Gasteiger partial charge >= 0.3 is 0 Å². The van der Waals surface area contributed by atoms with Gasteiger partial charge in [0.05, 0.1) is 16.8 Å². The molecule has 2 N–H and O–H groups in total. The van der Waals surface area contributed by atoms with Crippen molar-refractivity contribution in [3.8, 4) is 10.6 Å². The SMILES string of the molecule is Cc1nc(N)sc1-c1ccco1. The first-order valence-corrected chi connectivity index (χ1v) is 4.36. The van der Waals surface area contributed by atoms with Crippen LogP contribution >= 0.6 is 11.3 Å². The monoisotopic (exact) mass is 180 g/mol. The van der Waals surface area contributed by atoms with Gasteiger partial charge in [-0.3, -0.25) is 0 Å². The number of rotatable bonds is 1. The molecule has 2 aromatic heterocycles. The number of anilines is 1. The van der Waals surface area contributed by atoms with E-state index in [1.807, 2.05) is 19.1 Å². The number of aromatic nitrogens is 1. The Morgan fingerprint density at radius 1 is 1.58 bits per heavy atom. The Bertz CT molecular complexity index is 378. The van der Waals surface area contributed by atoms with Crippen LogP contribution in [0.1, 0.15) is 5.69 Å². The van der Waals surface area contributed by atoms with E-state index in [1.165, 1.54) is 11.3 Å². The molecular weight excluding hydrogens is 172 g/mol. The lowest BCUT2D eigenvalue weighted by Crippen LogP contribution is -1.80. The van der Waals surface area contributed by atoms with Gasteiger partial charge in [-0.15, -0.1) is 0 Å². The van der Waals surface area contributed by atoms with E-state index >= 15 is 0 Å². The van der Waals surface area contributed by atoms with Gasteiger partial charge in [-0.1, -0.05) is 11.3 Å². The second kappa shape index (κ2) is 2.64. The Kier molecular flexibility index (Phi) is 1.62. The Morgan fingerprint density at radius 2 is 2.42 bits per heavy atom. The van der Waals surface area contributed by atoms with Crippen LogP contribution in [-0.2, 0) is 0 Å². The van der Waals surface area contributed by atoms with Crippen molar-refractivity contribution in [1.82, 2.24) is 4.98 Å². The fourth-order valence-electron chi connectivity index (χ4n) is 1.05. The minimum atomic E-state index is 0.582.